The number of nitrogens with zero attached hydrogens (tertiary/aromatic N) is 3. The molecule has 0 radical (unpaired) electrons. The molecule has 4 heteroatoms. The third-order valence-electron chi connectivity index (χ3n) is 5.75. The van der Waals surface area contributed by atoms with Gasteiger partial charge in [-0.25, -0.2) is 4.99 Å². The normalized spacial score (nSPS) is 19.4. The molecule has 3 heterocycles. The highest BCUT2D eigenvalue weighted by atomic mass is 35.5. The monoisotopic (exact) mass is 351 g/mol. The minimum absolute atomic E-state index is 0.789. The summed E-state index contributed by atoms with van der Waals surface area (Å²) in [6.07, 6.45) is 3.50. The summed E-state index contributed by atoms with van der Waals surface area (Å²) in [6, 6.07) is 12.8. The van der Waals surface area contributed by atoms with Crippen molar-refractivity contribution in [3.8, 4) is 0 Å². The smallest absolute Gasteiger partial charge is 0.138 e. The van der Waals surface area contributed by atoms with Gasteiger partial charge in [0.1, 0.15) is 5.84 Å². The third-order valence-corrected chi connectivity index (χ3v) is 5.97. The van der Waals surface area contributed by atoms with Crippen LogP contribution in [0.15, 0.2) is 41.4 Å². The van der Waals surface area contributed by atoms with E-state index in [1.807, 2.05) is 6.07 Å². The molecule has 1 saturated heterocycles. The van der Waals surface area contributed by atoms with E-state index in [9.17, 15) is 0 Å². The van der Waals surface area contributed by atoms with E-state index in [0.717, 1.165) is 48.5 Å². The first-order chi connectivity index (χ1) is 12.2. The van der Waals surface area contributed by atoms with Gasteiger partial charge in [-0.3, -0.25) is 0 Å². The van der Waals surface area contributed by atoms with Crippen LogP contribution in [0.3, 0.4) is 0 Å². The van der Waals surface area contributed by atoms with E-state index in [-0.39, 0.29) is 0 Å². The molecule has 0 N–H and O–H groups in total. The molecule has 0 atom stereocenters. The number of piperidine rings is 1. The second kappa shape index (κ2) is 5.77. The molecule has 128 valence electrons. The Bertz CT molecular complexity index is 865. The molecule has 1 fully saturated rings. The molecular weight excluding hydrogens is 330 g/mol. The predicted molar refractivity (Wildman–Crippen MR) is 105 cm³/mol. The van der Waals surface area contributed by atoms with Gasteiger partial charge in [-0.05, 0) is 55.0 Å². The van der Waals surface area contributed by atoms with Gasteiger partial charge in [-0.15, -0.1) is 0 Å². The molecule has 2 aromatic carbocycles. The van der Waals surface area contributed by atoms with E-state index in [4.69, 9.17) is 16.6 Å². The second-order valence-electron chi connectivity index (χ2n) is 7.46. The van der Waals surface area contributed by atoms with Crippen molar-refractivity contribution in [3.63, 3.8) is 0 Å². The van der Waals surface area contributed by atoms with Crippen LogP contribution in [-0.4, -0.2) is 30.4 Å². The van der Waals surface area contributed by atoms with Crippen molar-refractivity contribution in [3.05, 3.63) is 52.5 Å². The van der Waals surface area contributed by atoms with Gasteiger partial charge in [0.15, 0.2) is 0 Å². The summed E-state index contributed by atoms with van der Waals surface area (Å²) in [5.74, 6) is 1.92. The lowest BCUT2D eigenvalue weighted by Gasteiger charge is -2.33. The molecule has 3 aliphatic heterocycles. The Morgan fingerprint density at radius 3 is 2.72 bits per heavy atom. The molecule has 3 nitrogen and oxygen atoms in total. The maximum Gasteiger partial charge on any atom is 0.138 e. The number of benzene rings is 2. The van der Waals surface area contributed by atoms with Crippen molar-refractivity contribution < 1.29 is 0 Å². The third kappa shape index (κ3) is 2.44. The first-order valence-electron chi connectivity index (χ1n) is 9.24. The highest BCUT2D eigenvalue weighted by Gasteiger charge is 2.31. The zero-order valence-electron chi connectivity index (χ0n) is 14.5. The van der Waals surface area contributed by atoms with Crippen LogP contribution in [0.25, 0.3) is 0 Å². The lowest BCUT2D eigenvalue weighted by molar-refractivity contribution is 0.281. The van der Waals surface area contributed by atoms with Crippen LogP contribution in [0.2, 0.25) is 5.02 Å². The van der Waals surface area contributed by atoms with Crippen LogP contribution < -0.4 is 4.90 Å². The van der Waals surface area contributed by atoms with Gasteiger partial charge in [0.2, 0.25) is 0 Å². The molecular formula is C21H22ClN3. The van der Waals surface area contributed by atoms with Crippen molar-refractivity contribution in [1.82, 2.24) is 4.90 Å². The number of aliphatic imine (C=N–C) groups is 1. The number of halogens is 1. The summed E-state index contributed by atoms with van der Waals surface area (Å²) >= 11 is 6.39. The Hall–Kier alpha value is -2.00. The van der Waals surface area contributed by atoms with E-state index >= 15 is 0 Å². The molecule has 0 aliphatic carbocycles. The van der Waals surface area contributed by atoms with Crippen LogP contribution in [0.1, 0.15) is 30.9 Å². The summed E-state index contributed by atoms with van der Waals surface area (Å²) in [5, 5.41) is 0.789. The number of likely N-dealkylation sites (tertiary alicyclic amines) is 1. The lowest BCUT2D eigenvalue weighted by atomic mass is 9.98. The zero-order chi connectivity index (χ0) is 17.0. The Labute approximate surface area is 153 Å². The van der Waals surface area contributed by atoms with E-state index < -0.39 is 0 Å². The average Bonchev–Trinajstić information content (AvgIpc) is 2.98. The van der Waals surface area contributed by atoms with Gasteiger partial charge < -0.3 is 9.80 Å². The molecule has 0 spiro atoms. The van der Waals surface area contributed by atoms with Crippen molar-refractivity contribution in [2.24, 2.45) is 10.9 Å². The van der Waals surface area contributed by atoms with Crippen molar-refractivity contribution >= 4 is 34.5 Å². The molecule has 3 aliphatic rings. The van der Waals surface area contributed by atoms with Crippen LogP contribution in [0.5, 0.6) is 0 Å². The zero-order valence-corrected chi connectivity index (χ0v) is 15.3. The number of anilines is 2. The molecule has 5 rings (SSSR count). The van der Waals surface area contributed by atoms with Gasteiger partial charge >= 0.3 is 0 Å². The number of hydrogen-bond acceptors (Lipinski definition) is 3. The molecule has 0 bridgehead atoms. The maximum absolute atomic E-state index is 6.39. The predicted octanol–water partition coefficient (Wildman–Crippen LogP) is 5.16. The van der Waals surface area contributed by atoms with Crippen LogP contribution in [-0.2, 0) is 6.42 Å². The molecule has 0 saturated carbocycles. The summed E-state index contributed by atoms with van der Waals surface area (Å²) < 4.78 is 0. The van der Waals surface area contributed by atoms with Gasteiger partial charge in [0, 0.05) is 30.2 Å². The quantitative estimate of drug-likeness (QED) is 0.653. The van der Waals surface area contributed by atoms with Gasteiger partial charge in [0.25, 0.3) is 0 Å². The topological polar surface area (TPSA) is 18.8 Å². The van der Waals surface area contributed by atoms with Gasteiger partial charge in [0.05, 0.1) is 17.1 Å². The first kappa shape index (κ1) is 15.3. The number of para-hydroxylation sites is 1. The molecule has 0 unspecified atom stereocenters. The number of fused-ring (bicyclic) bond motifs is 2. The van der Waals surface area contributed by atoms with Crippen molar-refractivity contribution in [1.29, 1.82) is 0 Å². The summed E-state index contributed by atoms with van der Waals surface area (Å²) in [5.41, 5.74) is 6.11. The second-order valence-corrected chi connectivity index (χ2v) is 7.89. The SMILES string of the molecule is CC1CCN(C2=Nc3cc(Cl)cc4c3N(CC4)c3ccccc32)CC1. The highest BCUT2D eigenvalue weighted by Crippen LogP contribution is 2.47. The average molecular weight is 352 g/mol. The van der Waals surface area contributed by atoms with Crippen molar-refractivity contribution in [2.45, 2.75) is 26.2 Å². The summed E-state index contributed by atoms with van der Waals surface area (Å²) in [6.45, 7) is 5.51. The largest absolute Gasteiger partial charge is 0.356 e. The van der Waals surface area contributed by atoms with Crippen LogP contribution in [0, 0.1) is 5.92 Å². The van der Waals surface area contributed by atoms with E-state index in [1.165, 1.54) is 35.3 Å². The number of hydrogen-bond donors (Lipinski definition) is 0. The fourth-order valence-electron chi connectivity index (χ4n) is 4.35. The lowest BCUT2D eigenvalue weighted by Crippen LogP contribution is -2.38. The highest BCUT2D eigenvalue weighted by molar-refractivity contribution is 6.31. The number of rotatable bonds is 0. The Morgan fingerprint density at radius 2 is 1.88 bits per heavy atom. The Morgan fingerprint density at radius 1 is 1.08 bits per heavy atom. The van der Waals surface area contributed by atoms with Gasteiger partial charge in [-0.1, -0.05) is 30.7 Å². The molecule has 25 heavy (non-hydrogen) atoms. The summed E-state index contributed by atoms with van der Waals surface area (Å²) in [4.78, 5) is 10.1. The van der Waals surface area contributed by atoms with Crippen molar-refractivity contribution in [2.75, 3.05) is 24.5 Å². The van der Waals surface area contributed by atoms with E-state index in [2.05, 4.69) is 47.1 Å². The Balaban J connectivity index is 1.71. The Kier molecular flexibility index (Phi) is 3.53. The fraction of sp³-hybridized carbons (Fsp3) is 0.381. The van der Waals surface area contributed by atoms with Crippen LogP contribution in [0.4, 0.5) is 17.1 Å². The van der Waals surface area contributed by atoms with Gasteiger partial charge in [-0.2, -0.15) is 0 Å². The maximum atomic E-state index is 6.39. The summed E-state index contributed by atoms with van der Waals surface area (Å²) in [7, 11) is 0. The standard InChI is InChI=1S/C21H22ClN3/c1-14-6-9-24(10-7-14)21-17-4-2-3-5-19(17)25-11-8-15-12-16(22)13-18(23-21)20(15)25/h2-5,12-14H,6-11H2,1H3. The minimum atomic E-state index is 0.789. The molecule has 0 aromatic heterocycles. The fourth-order valence-corrected chi connectivity index (χ4v) is 4.58. The van der Waals surface area contributed by atoms with E-state index in [0.29, 0.717) is 0 Å². The van der Waals surface area contributed by atoms with E-state index in [1.54, 1.807) is 0 Å². The minimum Gasteiger partial charge on any atom is -0.356 e. The molecule has 2 aromatic rings. The first-order valence-corrected chi connectivity index (χ1v) is 9.61. The molecule has 0 amide bonds. The number of amidine groups is 1. The van der Waals surface area contributed by atoms with Crippen LogP contribution >= 0.6 is 11.6 Å².